The molecular formula is C26H27N3O5S4. The number of aliphatic hydroxyl groups excluding tert-OH is 1. The predicted molar refractivity (Wildman–Crippen MR) is 153 cm³/mol. The minimum Gasteiger partial charge on any atom is -0.497 e. The first-order valence-corrected chi connectivity index (χ1v) is 16.1. The van der Waals surface area contributed by atoms with Gasteiger partial charge in [0.2, 0.25) is 5.05 Å². The van der Waals surface area contributed by atoms with Gasteiger partial charge in [0.25, 0.3) is 20.0 Å². The summed E-state index contributed by atoms with van der Waals surface area (Å²) in [7, 11) is -8.64. The summed E-state index contributed by atoms with van der Waals surface area (Å²) in [5.41, 5.74) is 3.07. The Bertz CT molecular complexity index is 1660. The number of aromatic nitrogens is 2. The summed E-state index contributed by atoms with van der Waals surface area (Å²) in [5, 5.41) is 11.5. The van der Waals surface area contributed by atoms with Crippen molar-refractivity contribution in [2.24, 2.45) is 0 Å². The van der Waals surface area contributed by atoms with E-state index >= 15 is 0 Å². The number of sulfonamides is 2. The van der Waals surface area contributed by atoms with Crippen LogP contribution in [-0.2, 0) is 33.0 Å². The SMILES string of the molecule is CCCCc1nc(C)c(C(O)=S)n1Cc1ccc(-c2ccccc2S(=O)(=O)NS(=O)(=O)c2cccs2)cc1. The van der Waals surface area contributed by atoms with Crippen LogP contribution in [0.15, 0.2) is 75.1 Å². The number of benzene rings is 2. The maximum absolute atomic E-state index is 13.1. The van der Waals surface area contributed by atoms with Crippen molar-refractivity contribution in [2.45, 2.75) is 48.8 Å². The van der Waals surface area contributed by atoms with Gasteiger partial charge < -0.3 is 9.67 Å². The van der Waals surface area contributed by atoms with Gasteiger partial charge in [0, 0.05) is 18.5 Å². The van der Waals surface area contributed by atoms with E-state index in [9.17, 15) is 21.9 Å². The second-order valence-corrected chi connectivity index (χ2v) is 13.8. The van der Waals surface area contributed by atoms with Gasteiger partial charge in [0.1, 0.15) is 15.7 Å². The first-order valence-electron chi connectivity index (χ1n) is 11.8. The summed E-state index contributed by atoms with van der Waals surface area (Å²) >= 11 is 6.00. The first kappa shape index (κ1) is 28.1. The predicted octanol–water partition coefficient (Wildman–Crippen LogP) is 5.21. The second kappa shape index (κ2) is 11.5. The van der Waals surface area contributed by atoms with Crippen LogP contribution in [0.5, 0.6) is 0 Å². The van der Waals surface area contributed by atoms with Crippen molar-refractivity contribution in [3.05, 3.63) is 88.8 Å². The molecule has 0 saturated heterocycles. The van der Waals surface area contributed by atoms with Crippen molar-refractivity contribution in [2.75, 3.05) is 0 Å². The molecule has 0 fully saturated rings. The molecule has 0 unspecified atom stereocenters. The number of nitrogens with one attached hydrogen (secondary N) is 1. The van der Waals surface area contributed by atoms with Gasteiger partial charge >= 0.3 is 0 Å². The van der Waals surface area contributed by atoms with Crippen LogP contribution in [0.4, 0.5) is 0 Å². The van der Waals surface area contributed by atoms with Crippen LogP contribution in [0.1, 0.15) is 42.5 Å². The number of thiophene rings is 1. The minimum atomic E-state index is -4.39. The summed E-state index contributed by atoms with van der Waals surface area (Å²) in [5.74, 6) is 0.842. The molecule has 0 spiro atoms. The van der Waals surface area contributed by atoms with E-state index < -0.39 is 20.0 Å². The van der Waals surface area contributed by atoms with Crippen LogP contribution >= 0.6 is 23.6 Å². The Morgan fingerprint density at radius 2 is 1.74 bits per heavy atom. The number of unbranched alkanes of at least 4 members (excludes halogenated alkanes) is 1. The molecule has 2 aromatic heterocycles. The molecule has 0 amide bonds. The van der Waals surface area contributed by atoms with E-state index in [4.69, 9.17) is 12.2 Å². The first-order chi connectivity index (χ1) is 18.0. The standard InChI is InChI=1S/C26H27N3O5S4/c1-3-4-10-23-27-18(2)25(26(30)35)29(23)17-19-12-14-20(15-13-19)21-8-5-6-9-22(21)37(31,32)28-38(33,34)24-11-7-16-36-24/h5-9,11-16,28H,3-4,10,17H2,1-2H3,(H,30,35). The molecule has 0 bridgehead atoms. The molecule has 0 radical (unpaired) electrons. The third-order valence-corrected chi connectivity index (χ3v) is 11.1. The fraction of sp³-hybridized carbons (Fsp3) is 0.231. The van der Waals surface area contributed by atoms with E-state index in [2.05, 4.69) is 11.9 Å². The molecule has 2 aromatic carbocycles. The quantitative estimate of drug-likeness (QED) is 0.231. The van der Waals surface area contributed by atoms with E-state index in [0.717, 1.165) is 42.0 Å². The monoisotopic (exact) mass is 589 g/mol. The van der Waals surface area contributed by atoms with Crippen molar-refractivity contribution in [3.63, 3.8) is 0 Å². The van der Waals surface area contributed by atoms with Gasteiger partial charge in [-0.1, -0.05) is 66.0 Å². The van der Waals surface area contributed by atoms with Crippen LogP contribution in [0.3, 0.4) is 0 Å². The fourth-order valence-electron chi connectivity index (χ4n) is 4.16. The van der Waals surface area contributed by atoms with Crippen LogP contribution in [0, 0.1) is 6.92 Å². The summed E-state index contributed by atoms with van der Waals surface area (Å²) in [6.07, 6.45) is 2.71. The lowest BCUT2D eigenvalue weighted by molar-refractivity contribution is 0.559. The zero-order valence-electron chi connectivity index (χ0n) is 20.8. The Morgan fingerprint density at radius 3 is 2.37 bits per heavy atom. The Labute approximate surface area is 232 Å². The van der Waals surface area contributed by atoms with E-state index in [1.54, 1.807) is 35.7 Å². The summed E-state index contributed by atoms with van der Waals surface area (Å²) in [6, 6.07) is 16.4. The van der Waals surface area contributed by atoms with Gasteiger partial charge in [-0.05, 0) is 54.2 Å². The Hall–Kier alpha value is -2.90. The fourth-order valence-corrected chi connectivity index (χ4v) is 8.68. The van der Waals surface area contributed by atoms with E-state index in [1.807, 2.05) is 27.8 Å². The molecule has 2 heterocycles. The van der Waals surface area contributed by atoms with Gasteiger partial charge in [-0.2, -0.15) is 0 Å². The van der Waals surface area contributed by atoms with Crippen molar-refractivity contribution in [1.29, 1.82) is 0 Å². The Morgan fingerprint density at radius 1 is 1.03 bits per heavy atom. The Kier molecular flexibility index (Phi) is 8.48. The number of aryl methyl sites for hydroxylation is 2. The highest BCUT2D eigenvalue weighted by molar-refractivity contribution is 8.05. The van der Waals surface area contributed by atoms with Crippen LogP contribution in [0.2, 0.25) is 0 Å². The van der Waals surface area contributed by atoms with Crippen LogP contribution in [-0.4, -0.2) is 36.5 Å². The van der Waals surface area contributed by atoms with Gasteiger partial charge in [-0.25, -0.2) is 21.8 Å². The largest absolute Gasteiger partial charge is 0.497 e. The van der Waals surface area contributed by atoms with E-state index in [0.29, 0.717) is 29.1 Å². The zero-order chi connectivity index (χ0) is 27.5. The molecular weight excluding hydrogens is 563 g/mol. The third kappa shape index (κ3) is 6.05. The maximum Gasteiger partial charge on any atom is 0.263 e. The van der Waals surface area contributed by atoms with Crippen molar-refractivity contribution in [3.8, 4) is 11.1 Å². The van der Waals surface area contributed by atoms with E-state index in [-0.39, 0.29) is 14.2 Å². The smallest absolute Gasteiger partial charge is 0.263 e. The molecule has 200 valence electrons. The molecule has 4 rings (SSSR count). The van der Waals surface area contributed by atoms with Gasteiger partial charge in [-0.3, -0.25) is 0 Å². The molecule has 8 nitrogen and oxygen atoms in total. The summed E-state index contributed by atoms with van der Waals surface area (Å²) < 4.78 is 55.2. The topological polar surface area (TPSA) is 118 Å². The van der Waals surface area contributed by atoms with E-state index in [1.165, 1.54) is 18.2 Å². The lowest BCUT2D eigenvalue weighted by atomic mass is 10.0. The highest BCUT2D eigenvalue weighted by Gasteiger charge is 2.27. The molecule has 0 aliphatic heterocycles. The van der Waals surface area contributed by atoms with Crippen molar-refractivity contribution < 1.29 is 21.9 Å². The molecule has 0 aliphatic carbocycles. The molecule has 12 heteroatoms. The van der Waals surface area contributed by atoms with Gasteiger partial charge in [0.05, 0.1) is 10.6 Å². The lowest BCUT2D eigenvalue weighted by Crippen LogP contribution is -2.30. The molecule has 38 heavy (non-hydrogen) atoms. The van der Waals surface area contributed by atoms with Crippen LogP contribution in [0.25, 0.3) is 11.1 Å². The minimum absolute atomic E-state index is 0.0855. The average Bonchev–Trinajstić information content (AvgIpc) is 3.52. The number of hydrogen-bond donors (Lipinski definition) is 2. The molecule has 0 atom stereocenters. The maximum atomic E-state index is 13.1. The number of hydrogen-bond acceptors (Lipinski definition) is 7. The van der Waals surface area contributed by atoms with Crippen molar-refractivity contribution >= 4 is 48.7 Å². The molecule has 0 saturated carbocycles. The number of imidazole rings is 1. The summed E-state index contributed by atoms with van der Waals surface area (Å²) in [4.78, 5) is 4.46. The Balaban J connectivity index is 1.65. The summed E-state index contributed by atoms with van der Waals surface area (Å²) in [6.45, 7) is 4.34. The van der Waals surface area contributed by atoms with Crippen molar-refractivity contribution in [1.82, 2.24) is 13.7 Å². The second-order valence-electron chi connectivity index (χ2n) is 8.67. The normalized spacial score (nSPS) is 12.1. The number of thiocarbonyl (C=S) groups is 1. The van der Waals surface area contributed by atoms with Gasteiger partial charge in [-0.15, -0.1) is 11.3 Å². The highest BCUT2D eigenvalue weighted by atomic mass is 32.3. The molecule has 2 N–H and O–H groups in total. The molecule has 4 aromatic rings. The zero-order valence-corrected chi connectivity index (χ0v) is 24.1. The number of nitrogens with zero attached hydrogens (tertiary/aromatic N) is 2. The number of aliphatic hydroxyl groups is 1. The lowest BCUT2D eigenvalue weighted by Gasteiger charge is -2.14. The highest BCUT2D eigenvalue weighted by Crippen LogP contribution is 2.29. The third-order valence-electron chi connectivity index (χ3n) is 5.94. The average molecular weight is 590 g/mol. The van der Waals surface area contributed by atoms with Crippen LogP contribution < -0.4 is 4.13 Å². The number of rotatable bonds is 11. The van der Waals surface area contributed by atoms with Gasteiger partial charge in [0.15, 0.2) is 0 Å². The molecule has 0 aliphatic rings.